The van der Waals surface area contributed by atoms with Gasteiger partial charge in [0, 0.05) is 47.8 Å². The van der Waals surface area contributed by atoms with Crippen molar-refractivity contribution in [1.82, 2.24) is 15.0 Å². The summed E-state index contributed by atoms with van der Waals surface area (Å²) in [6.07, 6.45) is 0. The number of thiophene rings is 1. The summed E-state index contributed by atoms with van der Waals surface area (Å²) in [5, 5.41) is 4.89. The maximum atomic E-state index is 5.20. The molecule has 2 aromatic heterocycles. The van der Waals surface area contributed by atoms with Crippen LogP contribution in [0, 0.1) is 0 Å². The zero-order valence-corrected chi connectivity index (χ0v) is 31.8. The summed E-state index contributed by atoms with van der Waals surface area (Å²) in [6, 6.07) is 63.1. The minimum Gasteiger partial charge on any atom is -0.208 e. The van der Waals surface area contributed by atoms with E-state index in [1.807, 2.05) is 47.7 Å². The van der Waals surface area contributed by atoms with E-state index in [0.717, 1.165) is 27.8 Å². The van der Waals surface area contributed by atoms with E-state index >= 15 is 0 Å². The van der Waals surface area contributed by atoms with Gasteiger partial charge in [-0.1, -0.05) is 159 Å². The summed E-state index contributed by atoms with van der Waals surface area (Å²) in [5.41, 5.74) is 13.0. The molecule has 0 fully saturated rings. The van der Waals surface area contributed by atoms with Crippen molar-refractivity contribution >= 4 is 42.3 Å². The van der Waals surface area contributed by atoms with Gasteiger partial charge in [0.25, 0.3) is 0 Å². The molecule has 0 unspecified atom stereocenters. The number of hydrogen-bond acceptors (Lipinski definition) is 4. The molecule has 2 heterocycles. The molecule has 0 bridgehead atoms. The Kier molecular flexibility index (Phi) is 7.38. The Morgan fingerprint density at radius 2 is 0.964 bits per heavy atom. The molecule has 4 heteroatoms. The lowest BCUT2D eigenvalue weighted by Gasteiger charge is -2.22. The molecule has 11 rings (SSSR count). The number of rotatable bonds is 5. The topological polar surface area (TPSA) is 38.7 Å². The Bertz CT molecular complexity index is 3100. The highest BCUT2D eigenvalue weighted by atomic mass is 32.1. The first-order valence-electron chi connectivity index (χ1n) is 19.1. The van der Waals surface area contributed by atoms with Gasteiger partial charge in [0.2, 0.25) is 0 Å². The van der Waals surface area contributed by atoms with Gasteiger partial charge in [-0.15, -0.1) is 11.3 Å². The molecule has 0 atom stereocenters. The molecule has 0 spiro atoms. The molecule has 56 heavy (non-hydrogen) atoms. The van der Waals surface area contributed by atoms with Gasteiger partial charge in [0.1, 0.15) is 0 Å². The van der Waals surface area contributed by atoms with Crippen LogP contribution < -0.4 is 0 Å². The molecule has 8 aromatic carbocycles. The fourth-order valence-corrected chi connectivity index (χ4v) is 9.93. The Hall–Kier alpha value is -6.75. The molecule has 0 N–H and O–H groups in total. The van der Waals surface area contributed by atoms with Gasteiger partial charge in [0.05, 0.1) is 0 Å². The Balaban J connectivity index is 1.11. The van der Waals surface area contributed by atoms with Gasteiger partial charge in [0.15, 0.2) is 17.5 Å². The number of fused-ring (bicyclic) bond motifs is 7. The number of nitrogens with zero attached hydrogens (tertiary/aromatic N) is 3. The van der Waals surface area contributed by atoms with Crippen LogP contribution in [0.4, 0.5) is 0 Å². The van der Waals surface area contributed by atoms with E-state index in [9.17, 15) is 0 Å². The Morgan fingerprint density at radius 1 is 0.393 bits per heavy atom. The van der Waals surface area contributed by atoms with E-state index in [4.69, 9.17) is 15.0 Å². The highest BCUT2D eigenvalue weighted by molar-refractivity contribution is 7.26. The van der Waals surface area contributed by atoms with Crippen LogP contribution in [0.15, 0.2) is 176 Å². The molecule has 0 aliphatic heterocycles. The molecule has 1 aliphatic carbocycles. The quantitative estimate of drug-likeness (QED) is 0.177. The zero-order chi connectivity index (χ0) is 37.4. The molecule has 264 valence electrons. The molecule has 10 aromatic rings. The average molecular weight is 734 g/mol. The number of benzene rings is 8. The third-order valence-electron chi connectivity index (χ3n) is 11.5. The SMILES string of the molecule is CC1(C)c2ccccc2-c2ccc(-c3ccc4ccc(-c5c(-c6nc(-c7ccccc7)nc(-c7ccccc7)n6)ccc6c5sc5ccccc56)cc4c3)cc21. The van der Waals surface area contributed by atoms with Crippen LogP contribution in [0.2, 0.25) is 0 Å². The summed E-state index contributed by atoms with van der Waals surface area (Å²) >= 11 is 1.83. The first-order valence-corrected chi connectivity index (χ1v) is 19.9. The van der Waals surface area contributed by atoms with Crippen molar-refractivity contribution in [3.05, 3.63) is 187 Å². The van der Waals surface area contributed by atoms with E-state index in [1.54, 1.807) is 0 Å². The lowest BCUT2D eigenvalue weighted by atomic mass is 9.81. The first-order chi connectivity index (χ1) is 27.5. The maximum Gasteiger partial charge on any atom is 0.164 e. The molecule has 0 saturated heterocycles. The normalized spacial score (nSPS) is 13.0. The van der Waals surface area contributed by atoms with E-state index in [0.29, 0.717) is 17.5 Å². The van der Waals surface area contributed by atoms with Crippen molar-refractivity contribution in [1.29, 1.82) is 0 Å². The molecular formula is C52H35N3S. The Morgan fingerprint density at radius 3 is 1.73 bits per heavy atom. The van der Waals surface area contributed by atoms with E-state index < -0.39 is 0 Å². The number of hydrogen-bond donors (Lipinski definition) is 0. The molecule has 0 saturated carbocycles. The van der Waals surface area contributed by atoms with Crippen molar-refractivity contribution in [3.8, 4) is 67.5 Å². The summed E-state index contributed by atoms with van der Waals surface area (Å²) in [7, 11) is 0. The van der Waals surface area contributed by atoms with Gasteiger partial charge in [-0.3, -0.25) is 0 Å². The third-order valence-corrected chi connectivity index (χ3v) is 12.7. The highest BCUT2D eigenvalue weighted by Crippen LogP contribution is 2.50. The number of aromatic nitrogens is 3. The van der Waals surface area contributed by atoms with Crippen molar-refractivity contribution in [2.75, 3.05) is 0 Å². The second-order valence-corrected chi connectivity index (χ2v) is 16.3. The fourth-order valence-electron chi connectivity index (χ4n) is 8.66. The zero-order valence-electron chi connectivity index (χ0n) is 31.0. The minimum atomic E-state index is -0.0545. The third kappa shape index (κ3) is 5.21. The predicted molar refractivity (Wildman–Crippen MR) is 235 cm³/mol. The average Bonchev–Trinajstić information content (AvgIpc) is 3.75. The van der Waals surface area contributed by atoms with Crippen molar-refractivity contribution in [2.24, 2.45) is 0 Å². The van der Waals surface area contributed by atoms with Crippen LogP contribution in [-0.4, -0.2) is 15.0 Å². The maximum absolute atomic E-state index is 5.20. The van der Waals surface area contributed by atoms with Crippen LogP contribution in [0.5, 0.6) is 0 Å². The van der Waals surface area contributed by atoms with E-state index in [-0.39, 0.29) is 5.41 Å². The Labute approximate surface area is 329 Å². The minimum absolute atomic E-state index is 0.0545. The summed E-state index contributed by atoms with van der Waals surface area (Å²) < 4.78 is 2.49. The molecule has 3 nitrogen and oxygen atoms in total. The molecule has 0 amide bonds. The monoisotopic (exact) mass is 733 g/mol. The van der Waals surface area contributed by atoms with Crippen LogP contribution >= 0.6 is 11.3 Å². The predicted octanol–water partition coefficient (Wildman–Crippen LogP) is 14.0. The van der Waals surface area contributed by atoms with Gasteiger partial charge < -0.3 is 0 Å². The van der Waals surface area contributed by atoms with Crippen molar-refractivity contribution in [2.45, 2.75) is 19.3 Å². The van der Waals surface area contributed by atoms with Gasteiger partial charge in [-0.2, -0.15) is 0 Å². The summed E-state index contributed by atoms with van der Waals surface area (Å²) in [6.45, 7) is 4.69. The second kappa shape index (κ2) is 12.7. The van der Waals surface area contributed by atoms with Gasteiger partial charge in [-0.25, -0.2) is 15.0 Å². The second-order valence-electron chi connectivity index (χ2n) is 15.2. The fraction of sp³-hybridized carbons (Fsp3) is 0.0577. The standard InChI is InChI=1S/C52H35N3S/c1-52(2)44-19-11-9-17-39(44)40-26-25-36(31-45(40)52)35-23-21-32-22-24-37(30-38(32)29-35)47-43(28-27-42-41-18-10-12-20-46(41)56-48(42)47)51-54-49(33-13-5-3-6-14-33)53-50(55-51)34-15-7-4-8-16-34/h3-31H,1-2H3. The lowest BCUT2D eigenvalue weighted by molar-refractivity contribution is 0.660. The van der Waals surface area contributed by atoms with Crippen LogP contribution in [0.1, 0.15) is 25.0 Å². The molecule has 1 aliphatic rings. The van der Waals surface area contributed by atoms with Crippen LogP contribution in [0.25, 0.3) is 98.5 Å². The van der Waals surface area contributed by atoms with Crippen LogP contribution in [0.3, 0.4) is 0 Å². The van der Waals surface area contributed by atoms with E-state index in [1.165, 1.54) is 64.3 Å². The van der Waals surface area contributed by atoms with E-state index in [2.05, 4.69) is 153 Å². The summed E-state index contributed by atoms with van der Waals surface area (Å²) in [4.78, 5) is 15.4. The van der Waals surface area contributed by atoms with Crippen LogP contribution in [-0.2, 0) is 5.41 Å². The summed E-state index contributed by atoms with van der Waals surface area (Å²) in [5.74, 6) is 1.96. The molecule has 0 radical (unpaired) electrons. The van der Waals surface area contributed by atoms with Crippen molar-refractivity contribution < 1.29 is 0 Å². The lowest BCUT2D eigenvalue weighted by Crippen LogP contribution is -2.14. The highest BCUT2D eigenvalue weighted by Gasteiger charge is 2.35. The first kappa shape index (κ1) is 32.7. The molecular weight excluding hydrogens is 699 g/mol. The largest absolute Gasteiger partial charge is 0.208 e. The smallest absolute Gasteiger partial charge is 0.164 e. The van der Waals surface area contributed by atoms with Gasteiger partial charge in [-0.05, 0) is 80.0 Å². The van der Waals surface area contributed by atoms with Crippen molar-refractivity contribution in [3.63, 3.8) is 0 Å². The van der Waals surface area contributed by atoms with Gasteiger partial charge >= 0.3 is 0 Å².